The molecule has 0 saturated carbocycles. The zero-order valence-corrected chi connectivity index (χ0v) is 36.4. The molecule has 8 nitrogen and oxygen atoms in total. The summed E-state index contributed by atoms with van der Waals surface area (Å²) in [5.74, 6) is 3.80. The molecule has 2 aliphatic heterocycles. The van der Waals surface area contributed by atoms with E-state index < -0.39 is 23.3 Å². The molecule has 0 amide bonds. The van der Waals surface area contributed by atoms with E-state index in [1.54, 1.807) is 28.4 Å². The Bertz CT molecular complexity index is 2120. The molecule has 6 aromatic rings. The Morgan fingerprint density at radius 3 is 1.03 bits per heavy atom. The molecular formula is C47H42Br2N2NiO6. The Kier molecular flexibility index (Phi) is 13.2. The van der Waals surface area contributed by atoms with Crippen molar-refractivity contribution in [1.29, 1.82) is 0 Å². The van der Waals surface area contributed by atoms with E-state index in [0.29, 0.717) is 34.8 Å². The van der Waals surface area contributed by atoms with Crippen LogP contribution in [-0.2, 0) is 31.6 Å². The standard InChI is InChI=1S/C47H42N2O6.2BrH.Ni/c1-50-38-23-11-19-34(27-38)46(35-20-12-24-39(28-35)51-2)44(32-15-7-5-8-16-32)48-42(54-46)31-43-49-45(33-17-9-6-10-18-33)47(55-43,36-21-13-25-40(29-36)52-3)37-22-14-26-41(30-37)53-4;;;/h5-30,44-45H,31H2,1-4H3;2*1H;/q;;;+2/p-2/t44-,45-;;;/m1.../s1. The third-order valence-electron chi connectivity index (χ3n) is 10.4. The van der Waals surface area contributed by atoms with Crippen molar-refractivity contribution >= 4 is 40.2 Å². The molecular weight excluding hydrogens is 907 g/mol. The number of rotatable bonds is 12. The minimum atomic E-state index is -1.09. The van der Waals surface area contributed by atoms with Gasteiger partial charge < -0.3 is 28.4 Å². The van der Waals surface area contributed by atoms with Crippen LogP contribution in [0.1, 0.15) is 51.9 Å². The summed E-state index contributed by atoms with van der Waals surface area (Å²) < 4.78 is 37.5. The van der Waals surface area contributed by atoms with Gasteiger partial charge in [0.15, 0.2) is 23.0 Å². The molecule has 0 saturated heterocycles. The molecule has 300 valence electrons. The maximum atomic E-state index is 7.28. The second kappa shape index (κ2) is 18.7. The van der Waals surface area contributed by atoms with Crippen molar-refractivity contribution in [1.82, 2.24) is 0 Å². The monoisotopic (exact) mass is 946 g/mol. The molecule has 2 atom stereocenters. The van der Waals surface area contributed by atoms with Gasteiger partial charge in [-0.1, -0.05) is 109 Å². The summed E-state index contributed by atoms with van der Waals surface area (Å²) in [5, 5.41) is 0. The number of benzene rings is 6. The van der Waals surface area contributed by atoms with Gasteiger partial charge in [-0.3, -0.25) is 0 Å². The average molecular weight is 949 g/mol. The summed E-state index contributed by atoms with van der Waals surface area (Å²) in [5.41, 5.74) is 3.32. The Balaban J connectivity index is 0.00000166. The molecule has 8 rings (SSSR count). The van der Waals surface area contributed by atoms with Gasteiger partial charge in [0.05, 0.1) is 34.9 Å². The number of aliphatic imine (C=N–C) groups is 2. The maximum absolute atomic E-state index is 7.28. The number of hydrogen-bond donors (Lipinski definition) is 0. The van der Waals surface area contributed by atoms with Crippen molar-refractivity contribution in [2.24, 2.45) is 9.98 Å². The Hall–Kier alpha value is -5.09. The normalized spacial score (nSPS) is 17.4. The van der Waals surface area contributed by atoms with Gasteiger partial charge in [0.25, 0.3) is 0 Å². The van der Waals surface area contributed by atoms with Gasteiger partial charge in [0.1, 0.15) is 35.1 Å². The topological polar surface area (TPSA) is 80.1 Å². The number of methoxy groups -OCH3 is 4. The quantitative estimate of drug-likeness (QED) is 0.114. The van der Waals surface area contributed by atoms with Crippen molar-refractivity contribution in [2.75, 3.05) is 28.4 Å². The molecule has 58 heavy (non-hydrogen) atoms. The molecule has 11 heteroatoms. The fraction of sp³-hybridized carbons (Fsp3) is 0.191. The summed E-state index contributed by atoms with van der Waals surface area (Å²) >= 11 is 6.00. The van der Waals surface area contributed by atoms with Crippen LogP contribution in [0.5, 0.6) is 23.0 Å². The first kappa shape index (κ1) is 41.1. The number of hydrogen-bond acceptors (Lipinski definition) is 8. The van der Waals surface area contributed by atoms with Crippen molar-refractivity contribution in [3.63, 3.8) is 0 Å². The number of ether oxygens (including phenoxy) is 6. The summed E-state index contributed by atoms with van der Waals surface area (Å²) in [6.45, 7) is 0. The Morgan fingerprint density at radius 2 is 0.759 bits per heavy atom. The van der Waals surface area contributed by atoms with Gasteiger partial charge in [-0.05, 0) is 59.7 Å². The first-order valence-corrected chi connectivity index (χ1v) is 23.3. The molecule has 0 unspecified atom stereocenters. The van der Waals surface area contributed by atoms with Crippen LogP contribution in [-0.4, -0.2) is 40.2 Å². The average Bonchev–Trinajstić information content (AvgIpc) is 3.88. The van der Waals surface area contributed by atoms with Crippen LogP contribution >= 0.6 is 28.5 Å². The predicted molar refractivity (Wildman–Crippen MR) is 231 cm³/mol. The minimum absolute atomic E-state index is 0.193. The van der Waals surface area contributed by atoms with Gasteiger partial charge >= 0.3 is 39.3 Å². The predicted octanol–water partition coefficient (Wildman–Crippen LogP) is 11.3. The van der Waals surface area contributed by atoms with Gasteiger partial charge in [0.2, 0.25) is 0 Å². The summed E-state index contributed by atoms with van der Waals surface area (Å²) in [6, 6.07) is 51.4. The van der Waals surface area contributed by atoms with Crippen LogP contribution in [0, 0.1) is 0 Å². The van der Waals surface area contributed by atoms with E-state index in [2.05, 4.69) is 77.0 Å². The van der Waals surface area contributed by atoms with Gasteiger partial charge in [-0.25, -0.2) is 9.98 Å². The molecule has 0 N–H and O–H groups in total. The molecule has 0 fully saturated rings. The van der Waals surface area contributed by atoms with E-state index in [-0.39, 0.29) is 6.42 Å². The second-order valence-electron chi connectivity index (χ2n) is 13.5. The molecule has 0 spiro atoms. The first-order chi connectivity index (χ1) is 28.4. The van der Waals surface area contributed by atoms with Crippen molar-refractivity contribution < 1.29 is 39.3 Å². The summed E-state index contributed by atoms with van der Waals surface area (Å²) in [6.07, 6.45) is 0.193. The summed E-state index contributed by atoms with van der Waals surface area (Å²) in [4.78, 5) is 10.8. The Labute approximate surface area is 359 Å². The van der Waals surface area contributed by atoms with E-state index in [0.717, 1.165) is 33.4 Å². The molecule has 0 bridgehead atoms. The van der Waals surface area contributed by atoms with Crippen molar-refractivity contribution in [3.8, 4) is 23.0 Å². The van der Waals surface area contributed by atoms with Crippen molar-refractivity contribution in [2.45, 2.75) is 29.7 Å². The molecule has 6 aromatic carbocycles. The van der Waals surface area contributed by atoms with Crippen LogP contribution in [0.25, 0.3) is 0 Å². The van der Waals surface area contributed by atoms with Crippen LogP contribution < -0.4 is 18.9 Å². The molecule has 2 aliphatic rings. The van der Waals surface area contributed by atoms with E-state index in [1.165, 1.54) is 10.9 Å². The fourth-order valence-electron chi connectivity index (χ4n) is 7.80. The van der Waals surface area contributed by atoms with E-state index in [9.17, 15) is 0 Å². The summed E-state index contributed by atoms with van der Waals surface area (Å²) in [7, 11) is 7.91. The van der Waals surface area contributed by atoms with Gasteiger partial charge in [-0.15, -0.1) is 0 Å². The second-order valence-corrected chi connectivity index (χ2v) is 18.5. The molecule has 2 heterocycles. The van der Waals surface area contributed by atoms with Gasteiger partial charge in [0, 0.05) is 22.3 Å². The van der Waals surface area contributed by atoms with Gasteiger partial charge in [-0.2, -0.15) is 0 Å². The third-order valence-corrected chi connectivity index (χ3v) is 10.4. The third kappa shape index (κ3) is 8.13. The zero-order valence-electron chi connectivity index (χ0n) is 32.3. The first-order valence-electron chi connectivity index (χ1n) is 18.4. The molecule has 0 radical (unpaired) electrons. The van der Waals surface area contributed by atoms with Crippen molar-refractivity contribution in [3.05, 3.63) is 191 Å². The van der Waals surface area contributed by atoms with Crippen LogP contribution in [0.15, 0.2) is 168 Å². The SMILES string of the molecule is COc1cccc(C2(c3cccc(OC)c3)OC(CC3=N[C@H](c4ccccc4)C(c4cccc(OC)c4)(c4cccc(OC)c4)O3)=N[C@@H]2c2ccccc2)c1.[Br][Ni][Br]. The van der Waals surface area contributed by atoms with E-state index in [4.69, 9.17) is 38.4 Å². The van der Waals surface area contributed by atoms with Crippen LogP contribution in [0.4, 0.5) is 0 Å². The van der Waals surface area contributed by atoms with Crippen LogP contribution in [0.3, 0.4) is 0 Å². The molecule has 0 aromatic heterocycles. The fourth-order valence-corrected chi connectivity index (χ4v) is 7.80. The molecule has 0 aliphatic carbocycles. The number of halogens is 2. The number of nitrogens with zero attached hydrogens (tertiary/aromatic N) is 2. The van der Waals surface area contributed by atoms with Crippen LogP contribution in [0.2, 0.25) is 0 Å². The van der Waals surface area contributed by atoms with E-state index in [1.807, 2.05) is 109 Å². The Morgan fingerprint density at radius 1 is 0.466 bits per heavy atom. The van der Waals surface area contributed by atoms with E-state index >= 15 is 0 Å². The zero-order chi connectivity index (χ0) is 40.5.